The zero-order valence-electron chi connectivity index (χ0n) is 12.8. The fraction of sp³-hybridized carbons (Fsp3) is 0.438. The fourth-order valence-electron chi connectivity index (χ4n) is 3.17. The second kappa shape index (κ2) is 4.98. The maximum absolute atomic E-state index is 12.4. The fourth-order valence-corrected chi connectivity index (χ4v) is 3.17. The predicted octanol–water partition coefficient (Wildman–Crippen LogP) is 2.82. The molecule has 1 aromatic carbocycles. The molecule has 3 rings (SSSR count). The van der Waals surface area contributed by atoms with Crippen molar-refractivity contribution < 1.29 is 9.32 Å². The maximum atomic E-state index is 12.4. The Labute approximate surface area is 124 Å². The van der Waals surface area contributed by atoms with Gasteiger partial charge in [-0.15, -0.1) is 0 Å². The molecule has 1 unspecified atom stereocenters. The molecule has 1 aliphatic rings. The number of carbonyl (C=O) groups is 1. The number of amides is 1. The van der Waals surface area contributed by atoms with E-state index in [0.29, 0.717) is 24.7 Å². The number of rotatable bonds is 2. The van der Waals surface area contributed by atoms with Gasteiger partial charge in [0.05, 0.1) is 5.92 Å². The molecule has 1 atom stereocenters. The van der Waals surface area contributed by atoms with E-state index < -0.39 is 0 Å². The summed E-state index contributed by atoms with van der Waals surface area (Å²) < 4.78 is 5.22. The highest BCUT2D eigenvalue weighted by Gasteiger charge is 2.36. The molecule has 0 aliphatic carbocycles. The molecule has 0 radical (unpaired) electrons. The molecule has 2 aromatic rings. The molecule has 1 saturated heterocycles. The van der Waals surface area contributed by atoms with Gasteiger partial charge < -0.3 is 9.42 Å². The number of hydrogen-bond acceptors (Lipinski definition) is 4. The highest BCUT2D eigenvalue weighted by molar-refractivity contribution is 5.97. The van der Waals surface area contributed by atoms with E-state index in [2.05, 4.69) is 29.2 Å². The molecule has 1 aromatic heterocycles. The van der Waals surface area contributed by atoms with Crippen molar-refractivity contribution in [1.29, 1.82) is 0 Å². The second-order valence-electron chi connectivity index (χ2n) is 5.83. The van der Waals surface area contributed by atoms with Gasteiger partial charge in [-0.1, -0.05) is 22.9 Å². The monoisotopic (exact) mass is 285 g/mol. The van der Waals surface area contributed by atoms with E-state index in [1.165, 1.54) is 5.56 Å². The second-order valence-corrected chi connectivity index (χ2v) is 5.83. The Bertz CT molecular complexity index is 682. The highest BCUT2D eigenvalue weighted by atomic mass is 16.5. The summed E-state index contributed by atoms with van der Waals surface area (Å²) in [5.74, 6) is 1.27. The van der Waals surface area contributed by atoms with E-state index in [1.807, 2.05) is 18.7 Å². The van der Waals surface area contributed by atoms with Crippen molar-refractivity contribution in [2.75, 3.05) is 11.4 Å². The third-order valence-corrected chi connectivity index (χ3v) is 3.92. The molecule has 0 N–H and O–H groups in total. The molecule has 1 amide bonds. The molecular formula is C16H19N3O2. The van der Waals surface area contributed by atoms with Crippen molar-refractivity contribution in [1.82, 2.24) is 10.1 Å². The van der Waals surface area contributed by atoms with Crippen LogP contribution in [0.15, 0.2) is 16.7 Å². The van der Waals surface area contributed by atoms with Gasteiger partial charge in [0.25, 0.3) is 0 Å². The van der Waals surface area contributed by atoms with Crippen LogP contribution < -0.4 is 4.90 Å². The van der Waals surface area contributed by atoms with Crippen molar-refractivity contribution in [3.8, 4) is 0 Å². The average Bonchev–Trinajstić information content (AvgIpc) is 2.95. The van der Waals surface area contributed by atoms with Crippen LogP contribution in [-0.4, -0.2) is 22.6 Å². The SMILES string of the molecule is Cc1cc(C)c(N2CC(c3nc(C)no3)CC2=O)c(C)c1. The van der Waals surface area contributed by atoms with Gasteiger partial charge in [-0.2, -0.15) is 4.98 Å². The van der Waals surface area contributed by atoms with Crippen LogP contribution in [0.3, 0.4) is 0 Å². The van der Waals surface area contributed by atoms with Crippen LogP contribution in [0, 0.1) is 27.7 Å². The van der Waals surface area contributed by atoms with Crippen LogP contribution in [0.5, 0.6) is 0 Å². The number of anilines is 1. The summed E-state index contributed by atoms with van der Waals surface area (Å²) in [6.07, 6.45) is 0.425. The lowest BCUT2D eigenvalue weighted by Crippen LogP contribution is -2.26. The summed E-state index contributed by atoms with van der Waals surface area (Å²) in [4.78, 5) is 18.5. The maximum Gasteiger partial charge on any atom is 0.232 e. The van der Waals surface area contributed by atoms with Gasteiger partial charge in [0.2, 0.25) is 11.8 Å². The van der Waals surface area contributed by atoms with E-state index in [9.17, 15) is 4.79 Å². The summed E-state index contributed by atoms with van der Waals surface area (Å²) in [5.41, 5.74) is 4.49. The molecule has 5 heteroatoms. The van der Waals surface area contributed by atoms with Gasteiger partial charge >= 0.3 is 0 Å². The van der Waals surface area contributed by atoms with Crippen molar-refractivity contribution >= 4 is 11.6 Å². The zero-order chi connectivity index (χ0) is 15.1. The Hall–Kier alpha value is -2.17. The number of hydrogen-bond donors (Lipinski definition) is 0. The van der Waals surface area contributed by atoms with Gasteiger partial charge in [0, 0.05) is 18.7 Å². The predicted molar refractivity (Wildman–Crippen MR) is 79.4 cm³/mol. The number of benzene rings is 1. The third-order valence-electron chi connectivity index (χ3n) is 3.92. The van der Waals surface area contributed by atoms with E-state index in [4.69, 9.17) is 4.52 Å². The van der Waals surface area contributed by atoms with Crippen molar-refractivity contribution in [2.45, 2.75) is 40.0 Å². The number of nitrogens with zero attached hydrogens (tertiary/aromatic N) is 3. The quantitative estimate of drug-likeness (QED) is 0.851. The molecule has 2 heterocycles. The minimum atomic E-state index is -0.0150. The van der Waals surface area contributed by atoms with E-state index in [0.717, 1.165) is 16.8 Å². The van der Waals surface area contributed by atoms with Crippen LogP contribution in [-0.2, 0) is 4.79 Å². The summed E-state index contributed by atoms with van der Waals surface area (Å²) in [6.45, 7) is 8.56. The molecule has 110 valence electrons. The molecule has 0 bridgehead atoms. The van der Waals surface area contributed by atoms with E-state index >= 15 is 0 Å². The molecular weight excluding hydrogens is 266 g/mol. The lowest BCUT2D eigenvalue weighted by molar-refractivity contribution is -0.117. The number of aromatic nitrogens is 2. The first kappa shape index (κ1) is 13.8. The van der Waals surface area contributed by atoms with Crippen LogP contribution in [0.2, 0.25) is 0 Å². The van der Waals surface area contributed by atoms with E-state index in [-0.39, 0.29) is 11.8 Å². The molecule has 21 heavy (non-hydrogen) atoms. The standard InChI is InChI=1S/C16H19N3O2/c1-9-5-10(2)15(11(3)6-9)19-8-13(7-14(19)20)16-17-12(4)18-21-16/h5-6,13H,7-8H2,1-4H3. The molecule has 5 nitrogen and oxygen atoms in total. The van der Waals surface area contributed by atoms with Gasteiger partial charge in [0.1, 0.15) is 0 Å². The number of carbonyl (C=O) groups excluding carboxylic acids is 1. The Morgan fingerprint density at radius 2 is 1.86 bits per heavy atom. The first-order chi connectivity index (χ1) is 9.95. The first-order valence-corrected chi connectivity index (χ1v) is 7.14. The summed E-state index contributed by atoms with van der Waals surface area (Å²) >= 11 is 0. The Kier molecular flexibility index (Phi) is 3.27. The third kappa shape index (κ3) is 2.44. The van der Waals surface area contributed by atoms with E-state index in [1.54, 1.807) is 6.92 Å². The van der Waals surface area contributed by atoms with Gasteiger partial charge in [0.15, 0.2) is 5.82 Å². The highest BCUT2D eigenvalue weighted by Crippen LogP contribution is 2.35. The minimum absolute atomic E-state index is 0.0150. The lowest BCUT2D eigenvalue weighted by atomic mass is 10.0. The van der Waals surface area contributed by atoms with Crippen LogP contribution in [0.25, 0.3) is 0 Å². The van der Waals surface area contributed by atoms with Gasteiger partial charge in [-0.3, -0.25) is 4.79 Å². The Morgan fingerprint density at radius 1 is 1.19 bits per heavy atom. The number of aryl methyl sites for hydroxylation is 4. The molecule has 0 saturated carbocycles. The largest absolute Gasteiger partial charge is 0.339 e. The average molecular weight is 285 g/mol. The molecule has 1 aliphatic heterocycles. The lowest BCUT2D eigenvalue weighted by Gasteiger charge is -2.21. The Balaban J connectivity index is 1.92. The van der Waals surface area contributed by atoms with Crippen molar-refractivity contribution in [3.05, 3.63) is 40.5 Å². The smallest absolute Gasteiger partial charge is 0.232 e. The Morgan fingerprint density at radius 3 is 2.43 bits per heavy atom. The molecule has 0 spiro atoms. The normalized spacial score (nSPS) is 18.6. The zero-order valence-corrected chi connectivity index (χ0v) is 12.8. The van der Waals surface area contributed by atoms with Crippen LogP contribution in [0.1, 0.15) is 40.7 Å². The summed E-state index contributed by atoms with van der Waals surface area (Å²) in [6, 6.07) is 4.22. The summed E-state index contributed by atoms with van der Waals surface area (Å²) in [7, 11) is 0. The van der Waals surface area contributed by atoms with Crippen molar-refractivity contribution in [2.24, 2.45) is 0 Å². The topological polar surface area (TPSA) is 59.2 Å². The van der Waals surface area contributed by atoms with Crippen molar-refractivity contribution in [3.63, 3.8) is 0 Å². The van der Waals surface area contributed by atoms with Gasteiger partial charge in [-0.05, 0) is 38.8 Å². The van der Waals surface area contributed by atoms with Crippen LogP contribution in [0.4, 0.5) is 5.69 Å². The first-order valence-electron chi connectivity index (χ1n) is 7.14. The minimum Gasteiger partial charge on any atom is -0.339 e. The van der Waals surface area contributed by atoms with Crippen LogP contribution >= 0.6 is 0 Å². The van der Waals surface area contributed by atoms with Gasteiger partial charge in [-0.25, -0.2) is 0 Å². The molecule has 1 fully saturated rings. The summed E-state index contributed by atoms with van der Waals surface area (Å²) in [5, 5.41) is 3.81.